The molecule has 1 aliphatic heterocycles. The Labute approximate surface area is 226 Å². The quantitative estimate of drug-likeness (QED) is 0.153. The van der Waals surface area contributed by atoms with Gasteiger partial charge in [0.15, 0.2) is 0 Å². The largest absolute Gasteiger partial charge is 0.487 e. The van der Waals surface area contributed by atoms with Gasteiger partial charge in [0.25, 0.3) is 17.5 Å². The number of ether oxygens (including phenoxy) is 1. The Hall–Kier alpha value is -3.54. The summed E-state index contributed by atoms with van der Waals surface area (Å²) in [5, 5.41) is 13.6. The third-order valence-corrected chi connectivity index (χ3v) is 6.45. The average molecular weight is 636 g/mol. The number of rotatable bonds is 6. The van der Waals surface area contributed by atoms with E-state index in [1.807, 2.05) is 0 Å². The molecule has 0 unspecified atom stereocenters. The van der Waals surface area contributed by atoms with Crippen LogP contribution in [0.2, 0.25) is 5.02 Å². The molecule has 0 saturated carbocycles. The van der Waals surface area contributed by atoms with Crippen LogP contribution in [-0.2, 0) is 16.2 Å². The van der Waals surface area contributed by atoms with Gasteiger partial charge in [0, 0.05) is 17.2 Å². The highest BCUT2D eigenvalue weighted by Gasteiger charge is 2.36. The molecule has 0 spiro atoms. The summed E-state index contributed by atoms with van der Waals surface area (Å²) < 4.78 is 6.83. The molecule has 1 fully saturated rings. The van der Waals surface area contributed by atoms with Crippen LogP contribution >= 0.6 is 43.5 Å². The number of barbiturate groups is 1. The number of non-ortho nitro benzene ring substituents is 1. The number of hydrogen-bond donors (Lipinski definition) is 1. The molecular formula is C24H14Br2ClN3O6. The topological polar surface area (TPSA) is 119 Å². The van der Waals surface area contributed by atoms with Crippen molar-refractivity contribution in [2.24, 2.45) is 0 Å². The molecule has 1 saturated heterocycles. The van der Waals surface area contributed by atoms with Crippen molar-refractivity contribution in [3.05, 3.63) is 101 Å². The lowest BCUT2D eigenvalue weighted by molar-refractivity contribution is -0.384. The zero-order valence-electron chi connectivity index (χ0n) is 18.0. The van der Waals surface area contributed by atoms with Gasteiger partial charge < -0.3 is 4.74 Å². The van der Waals surface area contributed by atoms with Gasteiger partial charge in [-0.05, 0) is 85.5 Å². The molecule has 1 heterocycles. The van der Waals surface area contributed by atoms with Crippen LogP contribution in [0.3, 0.4) is 0 Å². The number of benzene rings is 3. The van der Waals surface area contributed by atoms with Crippen LogP contribution in [0.1, 0.15) is 11.1 Å². The highest BCUT2D eigenvalue weighted by atomic mass is 79.9. The van der Waals surface area contributed by atoms with E-state index in [4.69, 9.17) is 16.3 Å². The molecule has 0 aromatic heterocycles. The molecule has 0 atom stereocenters. The number of halogens is 3. The van der Waals surface area contributed by atoms with Crippen molar-refractivity contribution >= 4 is 78.8 Å². The van der Waals surface area contributed by atoms with Gasteiger partial charge in [-0.25, -0.2) is 9.69 Å². The summed E-state index contributed by atoms with van der Waals surface area (Å²) in [5.74, 6) is -1.20. The molecule has 3 aromatic rings. The van der Waals surface area contributed by atoms with Crippen LogP contribution in [0.5, 0.6) is 5.75 Å². The number of nitrogens with zero attached hydrogens (tertiary/aromatic N) is 2. The molecule has 9 nitrogen and oxygen atoms in total. The lowest BCUT2D eigenvalue weighted by Crippen LogP contribution is -2.54. The predicted molar refractivity (Wildman–Crippen MR) is 140 cm³/mol. The van der Waals surface area contributed by atoms with Crippen LogP contribution in [-0.4, -0.2) is 22.8 Å². The van der Waals surface area contributed by atoms with E-state index in [1.54, 1.807) is 24.3 Å². The standard InChI is InChI=1S/C24H14Br2ClN3O6/c25-19-10-14(11-20(26)21(19)36-12-13-2-1-3-17(8-13)30(34)35)9-18-22(31)28-24(33)29(23(18)32)16-6-4-15(27)5-7-16/h1-11H,12H2,(H,28,31,33)/b18-9+. The number of hydrogen-bond acceptors (Lipinski definition) is 6. The van der Waals surface area contributed by atoms with E-state index in [2.05, 4.69) is 37.2 Å². The van der Waals surface area contributed by atoms with Crippen LogP contribution in [0.4, 0.5) is 16.2 Å². The Kier molecular flexibility index (Phi) is 7.53. The van der Waals surface area contributed by atoms with Crippen molar-refractivity contribution in [2.75, 3.05) is 4.90 Å². The minimum absolute atomic E-state index is 0.0437. The maximum Gasteiger partial charge on any atom is 0.335 e. The van der Waals surface area contributed by atoms with Crippen molar-refractivity contribution in [2.45, 2.75) is 6.61 Å². The number of urea groups is 1. The second kappa shape index (κ2) is 10.6. The fraction of sp³-hybridized carbons (Fsp3) is 0.0417. The van der Waals surface area contributed by atoms with Crippen molar-refractivity contribution in [1.82, 2.24) is 5.32 Å². The molecule has 4 rings (SSSR count). The fourth-order valence-corrected chi connectivity index (χ4v) is 4.94. The Morgan fingerprint density at radius 2 is 1.69 bits per heavy atom. The van der Waals surface area contributed by atoms with Gasteiger partial charge in [0.2, 0.25) is 0 Å². The first kappa shape index (κ1) is 25.5. The monoisotopic (exact) mass is 633 g/mol. The molecule has 182 valence electrons. The number of anilines is 1. The van der Waals surface area contributed by atoms with Crippen molar-refractivity contribution in [1.29, 1.82) is 0 Å². The van der Waals surface area contributed by atoms with Gasteiger partial charge in [-0.2, -0.15) is 0 Å². The van der Waals surface area contributed by atoms with Crippen LogP contribution in [0.15, 0.2) is 75.2 Å². The van der Waals surface area contributed by atoms with Gasteiger partial charge in [-0.15, -0.1) is 0 Å². The minimum Gasteiger partial charge on any atom is -0.487 e. The number of carbonyl (C=O) groups is 3. The highest BCUT2D eigenvalue weighted by molar-refractivity contribution is 9.11. The third kappa shape index (κ3) is 5.48. The molecule has 1 aliphatic rings. The molecule has 4 amide bonds. The Balaban J connectivity index is 1.59. The normalized spacial score (nSPS) is 14.7. The fourth-order valence-electron chi connectivity index (χ4n) is 3.36. The van der Waals surface area contributed by atoms with Gasteiger partial charge in [-0.3, -0.25) is 25.0 Å². The van der Waals surface area contributed by atoms with E-state index in [0.29, 0.717) is 30.8 Å². The molecule has 0 aliphatic carbocycles. The third-order valence-electron chi connectivity index (χ3n) is 5.02. The first-order valence-corrected chi connectivity index (χ1v) is 12.1. The Morgan fingerprint density at radius 1 is 1.03 bits per heavy atom. The summed E-state index contributed by atoms with van der Waals surface area (Å²) in [7, 11) is 0. The van der Waals surface area contributed by atoms with E-state index in [9.17, 15) is 24.5 Å². The number of nitrogens with one attached hydrogen (secondary N) is 1. The number of amides is 4. The number of imide groups is 2. The molecule has 1 N–H and O–H groups in total. The van der Waals surface area contributed by atoms with Gasteiger partial charge in [0.1, 0.15) is 17.9 Å². The molecule has 0 bridgehead atoms. The van der Waals surface area contributed by atoms with Crippen LogP contribution in [0, 0.1) is 10.1 Å². The molecule has 3 aromatic carbocycles. The maximum atomic E-state index is 13.1. The van der Waals surface area contributed by atoms with Gasteiger partial charge >= 0.3 is 6.03 Å². The smallest absolute Gasteiger partial charge is 0.335 e. The van der Waals surface area contributed by atoms with Gasteiger partial charge in [-0.1, -0.05) is 23.7 Å². The lowest BCUT2D eigenvalue weighted by Gasteiger charge is -2.26. The predicted octanol–water partition coefficient (Wildman–Crippen LogP) is 6.02. The zero-order chi connectivity index (χ0) is 26.0. The minimum atomic E-state index is -0.864. The van der Waals surface area contributed by atoms with Gasteiger partial charge in [0.05, 0.1) is 19.6 Å². The van der Waals surface area contributed by atoms with E-state index in [0.717, 1.165) is 4.90 Å². The van der Waals surface area contributed by atoms with Crippen LogP contribution in [0.25, 0.3) is 6.08 Å². The van der Waals surface area contributed by atoms with E-state index >= 15 is 0 Å². The molecular weight excluding hydrogens is 622 g/mol. The van der Waals surface area contributed by atoms with E-state index in [-0.39, 0.29) is 23.6 Å². The van der Waals surface area contributed by atoms with Crippen LogP contribution < -0.4 is 15.0 Å². The van der Waals surface area contributed by atoms with E-state index < -0.39 is 22.8 Å². The first-order valence-electron chi connectivity index (χ1n) is 10.2. The Bertz CT molecular complexity index is 1420. The van der Waals surface area contributed by atoms with Crippen molar-refractivity contribution in [3.8, 4) is 5.75 Å². The summed E-state index contributed by atoms with van der Waals surface area (Å²) in [4.78, 5) is 49.2. The van der Waals surface area contributed by atoms with Crippen molar-refractivity contribution < 1.29 is 24.0 Å². The highest BCUT2D eigenvalue weighted by Crippen LogP contribution is 2.36. The summed E-state index contributed by atoms with van der Waals surface area (Å²) in [6, 6.07) is 14.5. The Morgan fingerprint density at radius 3 is 2.33 bits per heavy atom. The second-order valence-corrected chi connectivity index (χ2v) is 9.61. The molecule has 0 radical (unpaired) electrons. The first-order chi connectivity index (χ1) is 17.1. The summed E-state index contributed by atoms with van der Waals surface area (Å²) >= 11 is 12.7. The lowest BCUT2D eigenvalue weighted by atomic mass is 10.1. The zero-order valence-corrected chi connectivity index (χ0v) is 22.0. The molecule has 36 heavy (non-hydrogen) atoms. The number of carbonyl (C=O) groups excluding carboxylic acids is 3. The average Bonchev–Trinajstić information content (AvgIpc) is 2.82. The molecule has 12 heteroatoms. The van der Waals surface area contributed by atoms with E-state index in [1.165, 1.54) is 42.5 Å². The SMILES string of the molecule is O=C1NC(=O)N(c2ccc(Cl)cc2)C(=O)/C1=C/c1cc(Br)c(OCc2cccc([N+](=O)[O-])c2)c(Br)c1. The summed E-state index contributed by atoms with van der Waals surface area (Å²) in [6.45, 7) is 0.0678. The number of nitro benzene ring substituents is 1. The van der Waals surface area contributed by atoms with Crippen molar-refractivity contribution in [3.63, 3.8) is 0 Å². The summed E-state index contributed by atoms with van der Waals surface area (Å²) in [5.41, 5.74) is 1.05. The second-order valence-electron chi connectivity index (χ2n) is 7.46. The maximum absolute atomic E-state index is 13.1. The number of nitro groups is 1. The summed E-state index contributed by atoms with van der Waals surface area (Å²) in [6.07, 6.45) is 1.35.